The second-order valence-corrected chi connectivity index (χ2v) is 6.15. The van der Waals surface area contributed by atoms with Gasteiger partial charge in [-0.2, -0.15) is 5.10 Å². The minimum absolute atomic E-state index is 0.0712. The summed E-state index contributed by atoms with van der Waals surface area (Å²) in [7, 11) is 0. The second kappa shape index (κ2) is 6.73. The van der Waals surface area contributed by atoms with Crippen molar-refractivity contribution < 1.29 is 4.79 Å². The van der Waals surface area contributed by atoms with Crippen LogP contribution in [0.2, 0.25) is 5.02 Å². The molecule has 0 atom stereocenters. The van der Waals surface area contributed by atoms with E-state index in [4.69, 9.17) is 11.6 Å². The van der Waals surface area contributed by atoms with E-state index in [2.05, 4.69) is 5.10 Å². The predicted molar refractivity (Wildman–Crippen MR) is 91.3 cm³/mol. The van der Waals surface area contributed by atoms with Gasteiger partial charge in [0.05, 0.1) is 12.1 Å². The molecule has 0 aliphatic rings. The molecule has 0 amide bonds. The highest BCUT2D eigenvalue weighted by Crippen LogP contribution is 2.13. The van der Waals surface area contributed by atoms with Gasteiger partial charge in [0.25, 0.3) is 5.91 Å². The van der Waals surface area contributed by atoms with E-state index in [9.17, 15) is 4.79 Å². The number of aromatic nitrogens is 2. The molecule has 2 aromatic heterocycles. The zero-order valence-corrected chi connectivity index (χ0v) is 13.2. The van der Waals surface area contributed by atoms with Crippen LogP contribution < -0.4 is 0 Å². The minimum atomic E-state index is -0.0712. The molecule has 0 unspecified atom stereocenters. The number of halogens is 1. The maximum Gasteiger partial charge on any atom is 0.251 e. The van der Waals surface area contributed by atoms with Crippen molar-refractivity contribution in [1.29, 1.82) is 0 Å². The Hall–Kier alpha value is -2.17. The summed E-state index contributed by atoms with van der Waals surface area (Å²) < 4.78 is 1.38. The molecule has 0 spiro atoms. The lowest BCUT2D eigenvalue weighted by Crippen LogP contribution is -2.14. The molecule has 22 heavy (non-hydrogen) atoms. The van der Waals surface area contributed by atoms with Crippen LogP contribution in [0.15, 0.2) is 54.0 Å². The third kappa shape index (κ3) is 3.72. The number of rotatable bonds is 4. The first-order valence-corrected chi connectivity index (χ1v) is 8.01. The van der Waals surface area contributed by atoms with Crippen LogP contribution in [0.4, 0.5) is 0 Å². The number of nitrogens with zero attached hydrogens (tertiary/aromatic N) is 2. The summed E-state index contributed by atoms with van der Waals surface area (Å²) in [6, 6.07) is 13.1. The molecule has 110 valence electrons. The molecule has 0 bridgehead atoms. The van der Waals surface area contributed by atoms with E-state index in [0.717, 1.165) is 16.1 Å². The van der Waals surface area contributed by atoms with Crippen molar-refractivity contribution in [3.05, 3.63) is 75.2 Å². The van der Waals surface area contributed by atoms with Gasteiger partial charge >= 0.3 is 0 Å². The molecule has 0 N–H and O–H groups in total. The fourth-order valence-electron chi connectivity index (χ4n) is 1.98. The summed E-state index contributed by atoms with van der Waals surface area (Å²) in [4.78, 5) is 13.3. The van der Waals surface area contributed by atoms with E-state index in [1.165, 1.54) is 4.68 Å². The summed E-state index contributed by atoms with van der Waals surface area (Å²) in [5.41, 5.74) is 1.68. The van der Waals surface area contributed by atoms with Crippen molar-refractivity contribution in [2.45, 2.75) is 6.42 Å². The van der Waals surface area contributed by atoms with Crippen molar-refractivity contribution >= 4 is 41.0 Å². The number of carbonyl (C=O) groups is 1. The summed E-state index contributed by atoms with van der Waals surface area (Å²) >= 11 is 7.50. The van der Waals surface area contributed by atoms with Crippen LogP contribution in [0, 0.1) is 0 Å². The van der Waals surface area contributed by atoms with Crippen LogP contribution in [0.1, 0.15) is 20.9 Å². The zero-order valence-electron chi connectivity index (χ0n) is 11.6. The van der Waals surface area contributed by atoms with E-state index in [1.807, 2.05) is 47.9 Å². The van der Waals surface area contributed by atoms with Gasteiger partial charge in [-0.3, -0.25) is 4.79 Å². The highest BCUT2D eigenvalue weighted by atomic mass is 35.5. The van der Waals surface area contributed by atoms with Crippen LogP contribution >= 0.6 is 22.9 Å². The van der Waals surface area contributed by atoms with Gasteiger partial charge in [0.15, 0.2) is 0 Å². The third-order valence-corrected chi connectivity index (χ3v) is 4.18. The summed E-state index contributed by atoms with van der Waals surface area (Å²) in [6.45, 7) is 0. The second-order valence-electron chi connectivity index (χ2n) is 4.73. The molecule has 3 rings (SSSR count). The largest absolute Gasteiger partial charge is 0.272 e. The van der Waals surface area contributed by atoms with Gasteiger partial charge in [-0.25, -0.2) is 4.68 Å². The van der Waals surface area contributed by atoms with Crippen LogP contribution in [-0.2, 0) is 6.42 Å². The Labute approximate surface area is 137 Å². The van der Waals surface area contributed by atoms with Crippen molar-refractivity contribution in [1.82, 2.24) is 9.78 Å². The number of hydrogen-bond acceptors (Lipinski definition) is 3. The topological polar surface area (TPSA) is 34.9 Å². The Kier molecular flexibility index (Phi) is 4.51. The maximum absolute atomic E-state index is 12.2. The first-order chi connectivity index (χ1) is 10.7. The molecule has 0 radical (unpaired) electrons. The SMILES string of the molecule is O=C(Cc1ccc(Cl)cc1)n1ccc(/C=C/c2cccs2)n1. The fraction of sp³-hybridized carbons (Fsp3) is 0.0588. The van der Waals surface area contributed by atoms with Crippen molar-refractivity contribution in [2.75, 3.05) is 0 Å². The zero-order chi connectivity index (χ0) is 15.4. The van der Waals surface area contributed by atoms with Gasteiger partial charge in [0.1, 0.15) is 0 Å². The summed E-state index contributed by atoms with van der Waals surface area (Å²) in [6.07, 6.45) is 5.87. The van der Waals surface area contributed by atoms with Crippen molar-refractivity contribution in [2.24, 2.45) is 0 Å². The van der Waals surface area contributed by atoms with Gasteiger partial charge < -0.3 is 0 Å². The van der Waals surface area contributed by atoms with Gasteiger partial charge in [-0.05, 0) is 47.4 Å². The average Bonchev–Trinajstić information content (AvgIpc) is 3.18. The Morgan fingerprint density at radius 1 is 1.18 bits per heavy atom. The lowest BCUT2D eigenvalue weighted by molar-refractivity contribution is 0.0898. The minimum Gasteiger partial charge on any atom is -0.272 e. The lowest BCUT2D eigenvalue weighted by Gasteiger charge is -2.01. The first kappa shape index (κ1) is 14.8. The highest BCUT2D eigenvalue weighted by molar-refractivity contribution is 7.10. The van der Waals surface area contributed by atoms with Crippen LogP contribution in [-0.4, -0.2) is 15.7 Å². The molecular formula is C17H13ClN2OS. The molecular weight excluding hydrogens is 316 g/mol. The van der Waals surface area contributed by atoms with E-state index in [0.29, 0.717) is 11.4 Å². The first-order valence-electron chi connectivity index (χ1n) is 6.75. The smallest absolute Gasteiger partial charge is 0.251 e. The molecule has 0 aliphatic heterocycles. The number of carbonyl (C=O) groups excluding carboxylic acids is 1. The lowest BCUT2D eigenvalue weighted by atomic mass is 10.1. The Morgan fingerprint density at radius 3 is 2.73 bits per heavy atom. The van der Waals surface area contributed by atoms with Crippen molar-refractivity contribution in [3.8, 4) is 0 Å². The third-order valence-electron chi connectivity index (χ3n) is 3.10. The molecule has 5 heteroatoms. The monoisotopic (exact) mass is 328 g/mol. The van der Waals surface area contributed by atoms with Crippen LogP contribution in [0.5, 0.6) is 0 Å². The number of benzene rings is 1. The molecule has 2 heterocycles. The average molecular weight is 329 g/mol. The molecule has 0 saturated carbocycles. The van der Waals surface area contributed by atoms with Gasteiger partial charge in [0.2, 0.25) is 0 Å². The Bertz CT molecular complexity index is 788. The van der Waals surface area contributed by atoms with E-state index in [-0.39, 0.29) is 5.91 Å². The normalized spacial score (nSPS) is 11.1. The van der Waals surface area contributed by atoms with Crippen LogP contribution in [0.3, 0.4) is 0 Å². The maximum atomic E-state index is 12.2. The number of hydrogen-bond donors (Lipinski definition) is 0. The van der Waals surface area contributed by atoms with Gasteiger partial charge in [-0.15, -0.1) is 11.3 Å². The quantitative estimate of drug-likeness (QED) is 0.698. The van der Waals surface area contributed by atoms with Crippen LogP contribution in [0.25, 0.3) is 12.2 Å². The Morgan fingerprint density at radius 2 is 2.00 bits per heavy atom. The predicted octanol–water partition coefficient (Wildman–Crippen LogP) is 4.65. The molecule has 0 saturated heterocycles. The molecule has 3 aromatic rings. The molecule has 3 nitrogen and oxygen atoms in total. The van der Waals surface area contributed by atoms with Gasteiger partial charge in [-0.1, -0.05) is 29.8 Å². The molecule has 0 fully saturated rings. The molecule has 0 aliphatic carbocycles. The van der Waals surface area contributed by atoms with Gasteiger partial charge in [0, 0.05) is 16.1 Å². The van der Waals surface area contributed by atoms with Crippen molar-refractivity contribution in [3.63, 3.8) is 0 Å². The molecule has 1 aromatic carbocycles. The fourth-order valence-corrected chi connectivity index (χ4v) is 2.72. The van der Waals surface area contributed by atoms with E-state index in [1.54, 1.807) is 29.7 Å². The highest BCUT2D eigenvalue weighted by Gasteiger charge is 2.07. The summed E-state index contributed by atoms with van der Waals surface area (Å²) in [5, 5.41) is 6.97. The Balaban J connectivity index is 1.67. The number of thiophene rings is 1. The van der Waals surface area contributed by atoms with E-state index < -0.39 is 0 Å². The standard InChI is InChI=1S/C17H13ClN2OS/c18-14-5-3-13(4-6-14)12-17(21)20-10-9-15(19-20)7-8-16-2-1-11-22-16/h1-11H,12H2/b8-7+. The van der Waals surface area contributed by atoms with E-state index >= 15 is 0 Å². The summed E-state index contributed by atoms with van der Waals surface area (Å²) in [5.74, 6) is -0.0712.